The molecule has 1 N–H and O–H groups in total. The number of benzene rings is 2. The molecule has 1 fully saturated rings. The van der Waals surface area contributed by atoms with Gasteiger partial charge in [-0.15, -0.1) is 11.3 Å². The van der Waals surface area contributed by atoms with Crippen molar-refractivity contribution in [1.82, 2.24) is 24.8 Å². The number of nitrogens with one attached hydrogen (secondary N) is 1. The highest BCUT2D eigenvalue weighted by Gasteiger charge is 2.37. The maximum absolute atomic E-state index is 13.6. The van der Waals surface area contributed by atoms with Crippen LogP contribution in [0, 0.1) is 0 Å². The van der Waals surface area contributed by atoms with Crippen molar-refractivity contribution < 1.29 is 22.8 Å². The number of amides is 2. The molecule has 2 aromatic carbocycles. The molecule has 216 valence electrons. The van der Waals surface area contributed by atoms with Crippen LogP contribution in [0.2, 0.25) is 0 Å². The van der Waals surface area contributed by atoms with Crippen molar-refractivity contribution in [3.63, 3.8) is 0 Å². The molecule has 0 saturated carbocycles. The lowest BCUT2D eigenvalue weighted by Crippen LogP contribution is -2.32. The van der Waals surface area contributed by atoms with Crippen LogP contribution in [0.5, 0.6) is 0 Å². The fourth-order valence-electron chi connectivity index (χ4n) is 5.17. The SMILES string of the molecule is CN(C)c1cccc(C2CCCN2C(=O)CCC(=O)NCc2nc(Cn3c(C(F)(F)F)nc4ccccc43)cs2)c1. The molecule has 1 aliphatic rings. The van der Waals surface area contributed by atoms with E-state index in [4.69, 9.17) is 0 Å². The number of rotatable bonds is 9. The van der Waals surface area contributed by atoms with Crippen LogP contribution in [0.4, 0.5) is 18.9 Å². The van der Waals surface area contributed by atoms with Gasteiger partial charge in [0, 0.05) is 44.5 Å². The molecule has 1 atom stereocenters. The number of imidazole rings is 1. The molecule has 41 heavy (non-hydrogen) atoms. The quantitative estimate of drug-likeness (QED) is 0.286. The number of aromatic nitrogens is 3. The minimum Gasteiger partial charge on any atom is -0.378 e. The number of carbonyl (C=O) groups is 2. The number of para-hydroxylation sites is 2. The normalized spacial score (nSPS) is 15.4. The van der Waals surface area contributed by atoms with Gasteiger partial charge in [-0.05, 0) is 42.7 Å². The van der Waals surface area contributed by atoms with Crippen LogP contribution in [0.1, 0.15) is 53.8 Å². The molecule has 5 rings (SSSR count). The second kappa shape index (κ2) is 11.9. The fourth-order valence-corrected chi connectivity index (χ4v) is 5.89. The highest BCUT2D eigenvalue weighted by Crippen LogP contribution is 2.34. The molecule has 0 aliphatic carbocycles. The first-order valence-corrected chi connectivity index (χ1v) is 14.3. The lowest BCUT2D eigenvalue weighted by atomic mass is 10.0. The number of hydrogen-bond acceptors (Lipinski definition) is 6. The summed E-state index contributed by atoms with van der Waals surface area (Å²) in [7, 11) is 3.96. The molecule has 2 aromatic heterocycles. The monoisotopic (exact) mass is 584 g/mol. The summed E-state index contributed by atoms with van der Waals surface area (Å²) < 4.78 is 41.9. The van der Waals surface area contributed by atoms with E-state index >= 15 is 0 Å². The Morgan fingerprint density at radius 1 is 1.10 bits per heavy atom. The molecule has 0 radical (unpaired) electrons. The zero-order valence-corrected chi connectivity index (χ0v) is 23.6. The molecule has 1 saturated heterocycles. The van der Waals surface area contributed by atoms with E-state index in [1.165, 1.54) is 11.3 Å². The Labute approximate surface area is 239 Å². The molecular weight excluding hydrogens is 553 g/mol. The van der Waals surface area contributed by atoms with Gasteiger partial charge in [0.25, 0.3) is 0 Å². The van der Waals surface area contributed by atoms with Crippen LogP contribution in [-0.2, 0) is 28.9 Å². The fraction of sp³-hybridized carbons (Fsp3) is 0.379. The number of likely N-dealkylation sites (tertiary alicyclic amines) is 1. The summed E-state index contributed by atoms with van der Waals surface area (Å²) in [5.74, 6) is -1.31. The van der Waals surface area contributed by atoms with Crippen LogP contribution in [0.15, 0.2) is 53.9 Å². The van der Waals surface area contributed by atoms with Gasteiger partial charge in [0.15, 0.2) is 0 Å². The van der Waals surface area contributed by atoms with Crippen LogP contribution in [0.3, 0.4) is 0 Å². The maximum atomic E-state index is 13.6. The van der Waals surface area contributed by atoms with Gasteiger partial charge in [0.1, 0.15) is 5.01 Å². The van der Waals surface area contributed by atoms with Crippen LogP contribution in [-0.4, -0.2) is 51.9 Å². The Morgan fingerprint density at radius 3 is 2.68 bits per heavy atom. The summed E-state index contributed by atoms with van der Waals surface area (Å²) >= 11 is 1.26. The molecule has 12 heteroatoms. The van der Waals surface area contributed by atoms with E-state index in [1.807, 2.05) is 42.1 Å². The standard InChI is InChI=1S/C29H31F3N6O2S/c1-36(2)21-8-5-7-19(15-21)23-11-6-14-37(23)27(40)13-12-25(39)33-16-26-34-20(18-41-26)17-38-24-10-4-3-9-22(24)35-28(38)29(30,31)32/h3-5,7-10,15,18,23H,6,11-14,16-17H2,1-2H3,(H,33,39). The number of anilines is 1. The van der Waals surface area contributed by atoms with E-state index in [2.05, 4.69) is 21.4 Å². The van der Waals surface area contributed by atoms with Gasteiger partial charge in [-0.2, -0.15) is 13.2 Å². The predicted molar refractivity (Wildman–Crippen MR) is 151 cm³/mol. The summed E-state index contributed by atoms with van der Waals surface area (Å²) in [5.41, 5.74) is 3.25. The summed E-state index contributed by atoms with van der Waals surface area (Å²) in [6.45, 7) is 0.711. The zero-order chi connectivity index (χ0) is 29.1. The third kappa shape index (κ3) is 6.53. The number of alkyl halides is 3. The maximum Gasteiger partial charge on any atom is 0.449 e. The Bertz CT molecular complexity index is 1550. The molecule has 3 heterocycles. The van der Waals surface area contributed by atoms with Gasteiger partial charge in [-0.25, -0.2) is 9.97 Å². The van der Waals surface area contributed by atoms with Crippen LogP contribution >= 0.6 is 11.3 Å². The highest BCUT2D eigenvalue weighted by molar-refractivity contribution is 7.09. The first-order valence-electron chi connectivity index (χ1n) is 13.4. The van der Waals surface area contributed by atoms with Crippen molar-refractivity contribution >= 4 is 39.9 Å². The van der Waals surface area contributed by atoms with E-state index in [9.17, 15) is 22.8 Å². The average molecular weight is 585 g/mol. The second-order valence-electron chi connectivity index (χ2n) is 10.3. The molecule has 8 nitrogen and oxygen atoms in total. The van der Waals surface area contributed by atoms with Gasteiger partial charge in [-0.1, -0.05) is 24.3 Å². The third-order valence-electron chi connectivity index (χ3n) is 7.17. The number of nitrogens with zero attached hydrogens (tertiary/aromatic N) is 5. The van der Waals surface area contributed by atoms with E-state index in [0.717, 1.165) is 28.7 Å². The van der Waals surface area contributed by atoms with Gasteiger partial charge in [0.2, 0.25) is 17.6 Å². The number of fused-ring (bicyclic) bond motifs is 1. The Hall–Kier alpha value is -3.93. The summed E-state index contributed by atoms with van der Waals surface area (Å²) in [6, 6.07) is 14.6. The summed E-state index contributed by atoms with van der Waals surface area (Å²) in [6.07, 6.45) is -2.64. The molecular formula is C29H31F3N6O2S. The first-order chi connectivity index (χ1) is 19.6. The topological polar surface area (TPSA) is 83.4 Å². The van der Waals surface area contributed by atoms with Gasteiger partial charge in [0.05, 0.1) is 35.9 Å². The third-order valence-corrected chi connectivity index (χ3v) is 8.07. The van der Waals surface area contributed by atoms with Crippen molar-refractivity contribution in [3.05, 3.63) is 76.0 Å². The predicted octanol–water partition coefficient (Wildman–Crippen LogP) is 5.39. The van der Waals surface area contributed by atoms with Crippen molar-refractivity contribution in [2.75, 3.05) is 25.5 Å². The van der Waals surface area contributed by atoms with E-state index in [-0.39, 0.29) is 49.3 Å². The molecule has 4 aromatic rings. The molecule has 0 bridgehead atoms. The molecule has 1 aliphatic heterocycles. The van der Waals surface area contributed by atoms with Crippen molar-refractivity contribution in [2.24, 2.45) is 0 Å². The number of thiazole rings is 1. The Kier molecular flexibility index (Phi) is 8.30. The van der Waals surface area contributed by atoms with E-state index < -0.39 is 12.0 Å². The number of hydrogen-bond donors (Lipinski definition) is 1. The molecule has 0 spiro atoms. The van der Waals surface area contributed by atoms with Gasteiger partial charge < -0.3 is 19.7 Å². The van der Waals surface area contributed by atoms with Gasteiger partial charge >= 0.3 is 6.18 Å². The Balaban J connectivity index is 1.15. The zero-order valence-electron chi connectivity index (χ0n) is 22.8. The van der Waals surface area contributed by atoms with Gasteiger partial charge in [-0.3, -0.25) is 9.59 Å². The van der Waals surface area contributed by atoms with Crippen LogP contribution < -0.4 is 10.2 Å². The molecule has 2 amide bonds. The van der Waals surface area contributed by atoms with Crippen molar-refractivity contribution in [2.45, 2.75) is 51.0 Å². The Morgan fingerprint density at radius 2 is 1.90 bits per heavy atom. The average Bonchev–Trinajstić information content (AvgIpc) is 3.70. The first kappa shape index (κ1) is 28.6. The molecule has 1 unspecified atom stereocenters. The van der Waals surface area contributed by atoms with Crippen LogP contribution in [0.25, 0.3) is 11.0 Å². The highest BCUT2D eigenvalue weighted by atomic mass is 32.1. The van der Waals surface area contributed by atoms with E-state index in [0.29, 0.717) is 22.8 Å². The summed E-state index contributed by atoms with van der Waals surface area (Å²) in [5, 5.41) is 5.03. The minimum atomic E-state index is -4.60. The largest absolute Gasteiger partial charge is 0.449 e. The smallest absolute Gasteiger partial charge is 0.378 e. The summed E-state index contributed by atoms with van der Waals surface area (Å²) in [4.78, 5) is 37.6. The van der Waals surface area contributed by atoms with Crippen molar-refractivity contribution in [3.8, 4) is 0 Å². The number of halogens is 3. The number of carbonyl (C=O) groups excluding carboxylic acids is 2. The lowest BCUT2D eigenvalue weighted by Gasteiger charge is -2.26. The van der Waals surface area contributed by atoms with Crippen molar-refractivity contribution in [1.29, 1.82) is 0 Å². The second-order valence-corrected chi connectivity index (χ2v) is 11.2. The lowest BCUT2D eigenvalue weighted by molar-refractivity contribution is -0.146. The van der Waals surface area contributed by atoms with E-state index in [1.54, 1.807) is 29.6 Å². The minimum absolute atomic E-state index is 0.00433.